The van der Waals surface area contributed by atoms with E-state index in [9.17, 15) is 19.5 Å². The number of benzene rings is 1. The lowest BCUT2D eigenvalue weighted by atomic mass is 9.73. The molecule has 1 aliphatic carbocycles. The summed E-state index contributed by atoms with van der Waals surface area (Å²) in [5, 5.41) is 13.2. The van der Waals surface area contributed by atoms with Gasteiger partial charge < -0.3 is 20.1 Å². The number of nitrogens with zero attached hydrogens (tertiary/aromatic N) is 1. The number of carbonyl (C=O) groups excluding carboxylic acids is 3. The molecule has 0 radical (unpaired) electrons. The van der Waals surface area contributed by atoms with Crippen LogP contribution in [0.3, 0.4) is 0 Å². The van der Waals surface area contributed by atoms with Crippen LogP contribution in [0.4, 0.5) is 0 Å². The average molecular weight is 368 g/mol. The first-order chi connectivity index (χ1) is 13.0. The lowest BCUT2D eigenvalue weighted by molar-refractivity contribution is -0.137. The first kappa shape index (κ1) is 17.3. The van der Waals surface area contributed by atoms with Crippen LogP contribution in [-0.2, 0) is 19.1 Å². The van der Waals surface area contributed by atoms with E-state index in [4.69, 9.17) is 4.74 Å². The number of esters is 1. The quantitative estimate of drug-likeness (QED) is 0.765. The van der Waals surface area contributed by atoms with Gasteiger partial charge in [-0.15, -0.1) is 0 Å². The molecule has 1 aromatic carbocycles. The molecular weight excluding hydrogens is 348 g/mol. The number of ether oxygens (including phenoxy) is 1. The van der Waals surface area contributed by atoms with Gasteiger partial charge in [0.05, 0.1) is 18.6 Å². The summed E-state index contributed by atoms with van der Waals surface area (Å²) in [5.74, 6) is -1.95. The minimum absolute atomic E-state index is 0.0283. The molecule has 0 unspecified atom stereocenters. The Morgan fingerprint density at radius 1 is 1.26 bits per heavy atom. The van der Waals surface area contributed by atoms with E-state index in [0.717, 1.165) is 5.70 Å². The minimum Gasteiger partial charge on any atom is -0.508 e. The number of rotatable bonds is 2. The van der Waals surface area contributed by atoms with Crippen LogP contribution in [0.1, 0.15) is 30.7 Å². The highest BCUT2D eigenvalue weighted by atomic mass is 16.5. The number of phenolic OH excluding ortho intramolecular Hbond substituents is 1. The van der Waals surface area contributed by atoms with E-state index in [0.29, 0.717) is 43.5 Å². The Morgan fingerprint density at radius 3 is 2.78 bits per heavy atom. The van der Waals surface area contributed by atoms with E-state index in [1.807, 2.05) is 0 Å². The Bertz CT molecular complexity index is 915. The maximum atomic E-state index is 12.9. The second-order valence-electron chi connectivity index (χ2n) is 6.79. The Labute approximate surface area is 156 Å². The number of phenols is 1. The first-order valence-corrected chi connectivity index (χ1v) is 8.97. The van der Waals surface area contributed by atoms with Gasteiger partial charge >= 0.3 is 5.97 Å². The van der Waals surface area contributed by atoms with Gasteiger partial charge in [0, 0.05) is 36.3 Å². The number of amides is 1. The zero-order valence-electron chi connectivity index (χ0n) is 14.9. The number of piperazine rings is 1. The summed E-state index contributed by atoms with van der Waals surface area (Å²) in [6, 6.07) is 6.59. The highest BCUT2D eigenvalue weighted by Crippen LogP contribution is 2.48. The average Bonchev–Trinajstić information content (AvgIpc) is 2.67. The Balaban J connectivity index is 2.04. The van der Waals surface area contributed by atoms with Gasteiger partial charge in [-0.05, 0) is 18.9 Å². The Kier molecular flexibility index (Phi) is 4.22. The van der Waals surface area contributed by atoms with Crippen LogP contribution in [0, 0.1) is 0 Å². The lowest BCUT2D eigenvalue weighted by Gasteiger charge is -2.43. The summed E-state index contributed by atoms with van der Waals surface area (Å²) in [4.78, 5) is 40.1. The number of aromatic hydroxyl groups is 1. The van der Waals surface area contributed by atoms with Crippen molar-refractivity contribution in [2.45, 2.75) is 25.2 Å². The molecule has 1 amide bonds. The summed E-state index contributed by atoms with van der Waals surface area (Å²) in [5.41, 5.74) is 2.00. The molecule has 1 fully saturated rings. The van der Waals surface area contributed by atoms with Gasteiger partial charge in [0.25, 0.3) is 5.91 Å². The van der Waals surface area contributed by atoms with E-state index in [-0.39, 0.29) is 28.7 Å². The van der Waals surface area contributed by atoms with Crippen molar-refractivity contribution in [3.05, 3.63) is 52.4 Å². The molecule has 1 aromatic rings. The number of nitrogens with one attached hydrogen (secondary N) is 1. The molecule has 1 atom stereocenters. The van der Waals surface area contributed by atoms with Crippen molar-refractivity contribution in [1.29, 1.82) is 0 Å². The van der Waals surface area contributed by atoms with Gasteiger partial charge in [0.2, 0.25) is 0 Å². The van der Waals surface area contributed by atoms with Crippen molar-refractivity contribution in [2.75, 3.05) is 20.2 Å². The van der Waals surface area contributed by atoms with Gasteiger partial charge in [-0.2, -0.15) is 0 Å². The predicted molar refractivity (Wildman–Crippen MR) is 95.5 cm³/mol. The van der Waals surface area contributed by atoms with Crippen molar-refractivity contribution >= 4 is 17.7 Å². The van der Waals surface area contributed by atoms with Gasteiger partial charge in [0.1, 0.15) is 11.4 Å². The zero-order valence-corrected chi connectivity index (χ0v) is 14.9. The number of hydrogen-bond donors (Lipinski definition) is 2. The normalized spacial score (nSPS) is 22.3. The molecule has 140 valence electrons. The van der Waals surface area contributed by atoms with Crippen LogP contribution in [-0.4, -0.2) is 47.9 Å². The van der Waals surface area contributed by atoms with Crippen molar-refractivity contribution in [3.63, 3.8) is 0 Å². The SMILES string of the molecule is COC(=O)C1=C2C(=O)NCCN2C2=C(C(=O)CCC2)[C@@H]1c1ccccc1O. The van der Waals surface area contributed by atoms with Gasteiger partial charge in [-0.3, -0.25) is 9.59 Å². The molecule has 0 saturated carbocycles. The van der Waals surface area contributed by atoms with Crippen LogP contribution < -0.4 is 5.32 Å². The van der Waals surface area contributed by atoms with Crippen LogP contribution in [0.5, 0.6) is 5.75 Å². The van der Waals surface area contributed by atoms with E-state index in [1.165, 1.54) is 13.2 Å². The second-order valence-corrected chi connectivity index (χ2v) is 6.79. The fourth-order valence-corrected chi connectivity index (χ4v) is 4.24. The molecule has 2 aliphatic heterocycles. The number of hydrogen-bond acceptors (Lipinski definition) is 6. The maximum absolute atomic E-state index is 12.9. The standard InChI is InChI=1S/C20H20N2O5/c1-27-20(26)17-15(11-5-2-3-7-13(11)23)16-12(6-4-8-14(16)24)22-10-9-21-19(25)18(17)22/h2-3,5,7,15,23H,4,6,8-10H2,1H3,(H,21,25)/t15-/m0/s1. The minimum atomic E-state index is -0.823. The highest BCUT2D eigenvalue weighted by molar-refractivity contribution is 6.09. The second kappa shape index (κ2) is 6.57. The maximum Gasteiger partial charge on any atom is 0.337 e. The molecule has 1 saturated heterocycles. The highest BCUT2D eigenvalue weighted by Gasteiger charge is 2.46. The number of para-hydroxylation sites is 1. The van der Waals surface area contributed by atoms with Crippen LogP contribution >= 0.6 is 0 Å². The predicted octanol–water partition coefficient (Wildman–Crippen LogP) is 1.36. The summed E-state index contributed by atoms with van der Waals surface area (Å²) < 4.78 is 4.97. The van der Waals surface area contributed by atoms with E-state index in [1.54, 1.807) is 23.1 Å². The third-order valence-electron chi connectivity index (χ3n) is 5.35. The Hall–Kier alpha value is -3.09. The summed E-state index contributed by atoms with van der Waals surface area (Å²) in [6.07, 6.45) is 1.73. The fourth-order valence-electron chi connectivity index (χ4n) is 4.24. The third-order valence-corrected chi connectivity index (χ3v) is 5.35. The third kappa shape index (κ3) is 2.61. The number of Topliss-reactive ketones (excluding diaryl/α,β-unsaturated/α-hetero) is 1. The van der Waals surface area contributed by atoms with E-state index in [2.05, 4.69) is 5.32 Å². The van der Waals surface area contributed by atoms with Crippen LogP contribution in [0.15, 0.2) is 46.8 Å². The summed E-state index contributed by atoms with van der Waals surface area (Å²) >= 11 is 0. The Morgan fingerprint density at radius 2 is 2.04 bits per heavy atom. The first-order valence-electron chi connectivity index (χ1n) is 8.97. The fraction of sp³-hybridized carbons (Fsp3) is 0.350. The molecule has 2 heterocycles. The van der Waals surface area contributed by atoms with Crippen molar-refractivity contribution in [1.82, 2.24) is 10.2 Å². The van der Waals surface area contributed by atoms with Gasteiger partial charge in [0.15, 0.2) is 5.78 Å². The smallest absolute Gasteiger partial charge is 0.337 e. The van der Waals surface area contributed by atoms with Gasteiger partial charge in [-0.25, -0.2) is 4.79 Å². The molecule has 0 spiro atoms. The molecule has 7 heteroatoms. The van der Waals surface area contributed by atoms with Crippen molar-refractivity contribution in [2.24, 2.45) is 0 Å². The lowest BCUT2D eigenvalue weighted by Crippen LogP contribution is -2.50. The molecular formula is C20H20N2O5. The summed E-state index contributed by atoms with van der Waals surface area (Å²) in [6.45, 7) is 0.921. The van der Waals surface area contributed by atoms with Crippen LogP contribution in [0.2, 0.25) is 0 Å². The van der Waals surface area contributed by atoms with Crippen LogP contribution in [0.25, 0.3) is 0 Å². The molecule has 0 aromatic heterocycles. The summed E-state index contributed by atoms with van der Waals surface area (Å²) in [7, 11) is 1.25. The molecule has 27 heavy (non-hydrogen) atoms. The van der Waals surface area contributed by atoms with Gasteiger partial charge in [-0.1, -0.05) is 18.2 Å². The monoisotopic (exact) mass is 368 g/mol. The molecule has 7 nitrogen and oxygen atoms in total. The number of ketones is 1. The van der Waals surface area contributed by atoms with E-state index >= 15 is 0 Å². The van der Waals surface area contributed by atoms with Crippen molar-refractivity contribution < 1.29 is 24.2 Å². The molecule has 4 rings (SSSR count). The number of carbonyl (C=O) groups is 3. The molecule has 3 aliphatic rings. The zero-order chi connectivity index (χ0) is 19.1. The molecule has 0 bridgehead atoms. The van der Waals surface area contributed by atoms with E-state index < -0.39 is 11.9 Å². The number of fused-ring (bicyclic) bond motifs is 2. The molecule has 2 N–H and O–H groups in total. The number of methoxy groups -OCH3 is 1. The largest absolute Gasteiger partial charge is 0.508 e. The topological polar surface area (TPSA) is 95.9 Å². The van der Waals surface area contributed by atoms with Crippen molar-refractivity contribution in [3.8, 4) is 5.75 Å². The number of allylic oxidation sites excluding steroid dienone is 2.